The molecule has 1 aliphatic rings. The molecule has 5 heteroatoms. The predicted octanol–water partition coefficient (Wildman–Crippen LogP) is 0.103. The molecule has 13 heavy (non-hydrogen) atoms. The van der Waals surface area contributed by atoms with Crippen LogP contribution in [0, 0.1) is 0 Å². The highest BCUT2D eigenvalue weighted by Gasteiger charge is 2.34. The maximum absolute atomic E-state index is 10.7. The SMILES string of the molecule is CC1(C)CN(C(=O)O)C[C@@H](CN)O1. The minimum absolute atomic E-state index is 0.181. The first-order chi connectivity index (χ1) is 5.94. The molecular weight excluding hydrogens is 172 g/mol. The number of carbonyl (C=O) groups is 1. The normalized spacial score (nSPS) is 27.3. The van der Waals surface area contributed by atoms with Crippen molar-refractivity contribution in [1.29, 1.82) is 0 Å². The van der Waals surface area contributed by atoms with Crippen molar-refractivity contribution in [3.05, 3.63) is 0 Å². The van der Waals surface area contributed by atoms with Gasteiger partial charge in [-0.15, -0.1) is 0 Å². The second-order valence-corrected chi connectivity index (χ2v) is 3.90. The summed E-state index contributed by atoms with van der Waals surface area (Å²) in [7, 11) is 0. The van der Waals surface area contributed by atoms with E-state index in [0.29, 0.717) is 19.6 Å². The Morgan fingerprint density at radius 3 is 2.85 bits per heavy atom. The first-order valence-electron chi connectivity index (χ1n) is 4.30. The predicted molar refractivity (Wildman–Crippen MR) is 47.6 cm³/mol. The molecule has 1 heterocycles. The molecule has 0 unspecified atom stereocenters. The molecule has 1 atom stereocenters. The highest BCUT2D eigenvalue weighted by molar-refractivity contribution is 5.65. The van der Waals surface area contributed by atoms with Crippen LogP contribution in [-0.2, 0) is 4.74 Å². The van der Waals surface area contributed by atoms with Gasteiger partial charge >= 0.3 is 6.09 Å². The van der Waals surface area contributed by atoms with Gasteiger partial charge in [0.15, 0.2) is 0 Å². The Kier molecular flexibility index (Phi) is 2.77. The average molecular weight is 188 g/mol. The van der Waals surface area contributed by atoms with E-state index in [-0.39, 0.29) is 6.10 Å². The van der Waals surface area contributed by atoms with E-state index in [2.05, 4.69) is 0 Å². The summed E-state index contributed by atoms with van der Waals surface area (Å²) in [4.78, 5) is 12.1. The maximum Gasteiger partial charge on any atom is 0.407 e. The quantitative estimate of drug-likeness (QED) is 0.612. The molecule has 0 spiro atoms. The molecule has 3 N–H and O–H groups in total. The molecule has 0 aliphatic carbocycles. The second-order valence-electron chi connectivity index (χ2n) is 3.90. The molecule has 0 radical (unpaired) electrons. The Labute approximate surface area is 77.5 Å². The summed E-state index contributed by atoms with van der Waals surface area (Å²) in [6.07, 6.45) is -1.09. The van der Waals surface area contributed by atoms with Gasteiger partial charge in [0.25, 0.3) is 0 Å². The van der Waals surface area contributed by atoms with Crippen LogP contribution in [0.2, 0.25) is 0 Å². The number of amides is 1. The zero-order chi connectivity index (χ0) is 10.1. The number of nitrogens with zero attached hydrogens (tertiary/aromatic N) is 1. The highest BCUT2D eigenvalue weighted by atomic mass is 16.5. The zero-order valence-corrected chi connectivity index (χ0v) is 7.99. The van der Waals surface area contributed by atoms with E-state index >= 15 is 0 Å². The number of hydrogen-bond donors (Lipinski definition) is 2. The standard InChI is InChI=1S/C8H16N2O3/c1-8(2)5-10(7(11)12)4-6(3-9)13-8/h6H,3-5,9H2,1-2H3,(H,11,12)/t6-/m1/s1. The van der Waals surface area contributed by atoms with Crippen molar-refractivity contribution in [1.82, 2.24) is 4.90 Å². The van der Waals surface area contributed by atoms with Crippen LogP contribution in [0.25, 0.3) is 0 Å². The van der Waals surface area contributed by atoms with Gasteiger partial charge in [0.05, 0.1) is 24.8 Å². The molecule has 1 amide bonds. The van der Waals surface area contributed by atoms with Gasteiger partial charge in [0.1, 0.15) is 0 Å². The first kappa shape index (κ1) is 10.3. The summed E-state index contributed by atoms with van der Waals surface area (Å²) < 4.78 is 5.57. The summed E-state index contributed by atoms with van der Waals surface area (Å²) in [5.41, 5.74) is 5.01. The summed E-state index contributed by atoms with van der Waals surface area (Å²) in [6.45, 7) is 4.86. The van der Waals surface area contributed by atoms with Crippen LogP contribution in [0.15, 0.2) is 0 Å². The highest BCUT2D eigenvalue weighted by Crippen LogP contribution is 2.20. The Bertz CT molecular complexity index is 206. The Morgan fingerprint density at radius 2 is 2.38 bits per heavy atom. The summed E-state index contributed by atoms with van der Waals surface area (Å²) in [5.74, 6) is 0. The van der Waals surface area contributed by atoms with Crippen molar-refractivity contribution < 1.29 is 14.6 Å². The lowest BCUT2D eigenvalue weighted by molar-refractivity contribution is -0.124. The molecule has 1 fully saturated rings. The fourth-order valence-corrected chi connectivity index (χ4v) is 1.56. The van der Waals surface area contributed by atoms with Crippen molar-refractivity contribution >= 4 is 6.09 Å². The van der Waals surface area contributed by atoms with Gasteiger partial charge in [-0.3, -0.25) is 0 Å². The van der Waals surface area contributed by atoms with Gasteiger partial charge in [0, 0.05) is 6.54 Å². The largest absolute Gasteiger partial charge is 0.465 e. The molecule has 0 bridgehead atoms. The van der Waals surface area contributed by atoms with Crippen molar-refractivity contribution in [2.24, 2.45) is 5.73 Å². The van der Waals surface area contributed by atoms with Crippen molar-refractivity contribution in [3.8, 4) is 0 Å². The molecule has 0 aromatic carbocycles. The lowest BCUT2D eigenvalue weighted by Gasteiger charge is -2.41. The Morgan fingerprint density at radius 1 is 1.77 bits per heavy atom. The molecule has 0 aromatic heterocycles. The van der Waals surface area contributed by atoms with Crippen LogP contribution in [0.5, 0.6) is 0 Å². The third-order valence-electron chi connectivity index (χ3n) is 2.01. The number of hydrogen-bond acceptors (Lipinski definition) is 3. The molecule has 1 saturated heterocycles. The Balaban J connectivity index is 2.65. The summed E-state index contributed by atoms with van der Waals surface area (Å²) in [6, 6.07) is 0. The lowest BCUT2D eigenvalue weighted by atomic mass is 10.1. The number of ether oxygens (including phenoxy) is 1. The van der Waals surface area contributed by atoms with Crippen LogP contribution in [0.1, 0.15) is 13.8 Å². The van der Waals surface area contributed by atoms with E-state index in [4.69, 9.17) is 15.6 Å². The third kappa shape index (κ3) is 2.57. The van der Waals surface area contributed by atoms with Gasteiger partial charge in [-0.05, 0) is 13.8 Å². The van der Waals surface area contributed by atoms with Crippen LogP contribution >= 0.6 is 0 Å². The summed E-state index contributed by atoms with van der Waals surface area (Å²) >= 11 is 0. The van der Waals surface area contributed by atoms with Crippen LogP contribution < -0.4 is 5.73 Å². The van der Waals surface area contributed by atoms with Gasteiger partial charge in [-0.1, -0.05) is 0 Å². The topological polar surface area (TPSA) is 75.8 Å². The van der Waals surface area contributed by atoms with Gasteiger partial charge in [-0.2, -0.15) is 0 Å². The van der Waals surface area contributed by atoms with E-state index < -0.39 is 11.7 Å². The van der Waals surface area contributed by atoms with Crippen LogP contribution in [0.4, 0.5) is 4.79 Å². The third-order valence-corrected chi connectivity index (χ3v) is 2.01. The van der Waals surface area contributed by atoms with Crippen LogP contribution in [0.3, 0.4) is 0 Å². The van der Waals surface area contributed by atoms with Gasteiger partial charge in [-0.25, -0.2) is 4.79 Å². The lowest BCUT2D eigenvalue weighted by Crippen LogP contribution is -2.56. The van der Waals surface area contributed by atoms with E-state index in [1.165, 1.54) is 4.90 Å². The Hall–Kier alpha value is -0.810. The summed E-state index contributed by atoms with van der Waals surface area (Å²) in [5, 5.41) is 8.81. The van der Waals surface area contributed by atoms with Gasteiger partial charge in [0.2, 0.25) is 0 Å². The van der Waals surface area contributed by atoms with Crippen molar-refractivity contribution in [3.63, 3.8) is 0 Å². The fraction of sp³-hybridized carbons (Fsp3) is 0.875. The molecule has 76 valence electrons. The average Bonchev–Trinajstić information content (AvgIpc) is 2.01. The van der Waals surface area contributed by atoms with Gasteiger partial charge < -0.3 is 20.5 Å². The van der Waals surface area contributed by atoms with E-state index in [1.54, 1.807) is 0 Å². The number of morpholine rings is 1. The fourth-order valence-electron chi connectivity index (χ4n) is 1.56. The van der Waals surface area contributed by atoms with E-state index in [9.17, 15) is 4.79 Å². The molecule has 0 aromatic rings. The number of carboxylic acid groups (broad SMARTS) is 1. The van der Waals surface area contributed by atoms with Crippen molar-refractivity contribution in [2.75, 3.05) is 19.6 Å². The molecule has 1 rings (SSSR count). The minimum Gasteiger partial charge on any atom is -0.465 e. The maximum atomic E-state index is 10.7. The monoisotopic (exact) mass is 188 g/mol. The molecule has 0 saturated carbocycles. The van der Waals surface area contributed by atoms with Crippen LogP contribution in [-0.4, -0.2) is 47.4 Å². The molecule has 1 aliphatic heterocycles. The zero-order valence-electron chi connectivity index (χ0n) is 7.99. The van der Waals surface area contributed by atoms with E-state index in [1.807, 2.05) is 13.8 Å². The van der Waals surface area contributed by atoms with E-state index in [0.717, 1.165) is 0 Å². The number of rotatable bonds is 1. The first-order valence-corrected chi connectivity index (χ1v) is 4.30. The molecule has 5 nitrogen and oxygen atoms in total. The molecular formula is C8H16N2O3. The minimum atomic E-state index is -0.908. The second kappa shape index (κ2) is 3.51. The van der Waals surface area contributed by atoms with Crippen molar-refractivity contribution in [2.45, 2.75) is 25.6 Å². The number of nitrogens with two attached hydrogens (primary N) is 1. The smallest absolute Gasteiger partial charge is 0.407 e.